The van der Waals surface area contributed by atoms with Crippen LogP contribution in [0.4, 0.5) is 0 Å². The average Bonchev–Trinajstić information content (AvgIpc) is 2.93. The molecule has 0 bridgehead atoms. The van der Waals surface area contributed by atoms with E-state index in [1.807, 2.05) is 19.1 Å². The van der Waals surface area contributed by atoms with E-state index in [0.29, 0.717) is 49.3 Å². The van der Waals surface area contributed by atoms with Gasteiger partial charge >= 0.3 is 0 Å². The number of aryl methyl sites for hydroxylation is 2. The van der Waals surface area contributed by atoms with Crippen LogP contribution in [-0.2, 0) is 16.6 Å². The molecule has 0 unspecified atom stereocenters. The Hall–Kier alpha value is -1.77. The van der Waals surface area contributed by atoms with Gasteiger partial charge in [0.15, 0.2) is 5.82 Å². The number of hydrogen-bond acceptors (Lipinski definition) is 6. The molecular weight excluding hydrogens is 316 g/mol. The number of nitrogens with zero attached hydrogens (tertiary/aromatic N) is 4. The molecule has 7 nitrogen and oxygen atoms in total. The molecule has 1 aromatic carbocycles. The first kappa shape index (κ1) is 16.1. The molecule has 1 saturated heterocycles. The Morgan fingerprint density at radius 2 is 1.74 bits per heavy atom. The van der Waals surface area contributed by atoms with E-state index in [4.69, 9.17) is 4.52 Å². The molecule has 0 saturated carbocycles. The molecule has 8 heteroatoms. The Kier molecular flexibility index (Phi) is 4.47. The molecule has 1 aromatic heterocycles. The van der Waals surface area contributed by atoms with Gasteiger partial charge in [-0.15, -0.1) is 0 Å². The molecule has 0 spiro atoms. The Labute approximate surface area is 136 Å². The van der Waals surface area contributed by atoms with Gasteiger partial charge < -0.3 is 4.52 Å². The van der Waals surface area contributed by atoms with Crippen molar-refractivity contribution in [2.24, 2.45) is 0 Å². The van der Waals surface area contributed by atoms with E-state index >= 15 is 0 Å². The summed E-state index contributed by atoms with van der Waals surface area (Å²) in [5.41, 5.74) is 1.05. The van der Waals surface area contributed by atoms with Gasteiger partial charge in [0.25, 0.3) is 0 Å². The minimum absolute atomic E-state index is 0.351. The molecule has 23 heavy (non-hydrogen) atoms. The van der Waals surface area contributed by atoms with Crippen molar-refractivity contribution in [2.45, 2.75) is 25.3 Å². The van der Waals surface area contributed by atoms with Crippen LogP contribution < -0.4 is 0 Å². The first-order valence-corrected chi connectivity index (χ1v) is 8.97. The number of aromatic nitrogens is 2. The summed E-state index contributed by atoms with van der Waals surface area (Å²) in [5.74, 6) is 1.18. The number of sulfonamides is 1. The second kappa shape index (κ2) is 6.38. The lowest BCUT2D eigenvalue weighted by Gasteiger charge is -2.33. The van der Waals surface area contributed by atoms with E-state index < -0.39 is 10.0 Å². The van der Waals surface area contributed by atoms with Gasteiger partial charge in [-0.2, -0.15) is 9.29 Å². The zero-order chi connectivity index (χ0) is 16.4. The van der Waals surface area contributed by atoms with E-state index in [1.165, 1.54) is 4.31 Å². The fourth-order valence-electron chi connectivity index (χ4n) is 2.58. The molecule has 1 fully saturated rings. The average molecular weight is 336 g/mol. The fraction of sp³-hybridized carbons (Fsp3) is 0.467. The third-order valence-corrected chi connectivity index (χ3v) is 5.83. The lowest BCUT2D eigenvalue weighted by atomic mass is 10.2. The van der Waals surface area contributed by atoms with Crippen LogP contribution in [0.3, 0.4) is 0 Å². The van der Waals surface area contributed by atoms with Gasteiger partial charge in [0.2, 0.25) is 15.9 Å². The Morgan fingerprint density at radius 3 is 2.30 bits per heavy atom. The number of benzene rings is 1. The number of rotatable bonds is 4. The van der Waals surface area contributed by atoms with Crippen LogP contribution in [0.5, 0.6) is 0 Å². The van der Waals surface area contributed by atoms with Gasteiger partial charge in [-0.05, 0) is 26.0 Å². The Morgan fingerprint density at radius 1 is 1.09 bits per heavy atom. The normalized spacial score (nSPS) is 17.5. The van der Waals surface area contributed by atoms with E-state index in [0.717, 1.165) is 5.56 Å². The maximum atomic E-state index is 12.6. The van der Waals surface area contributed by atoms with Crippen molar-refractivity contribution in [2.75, 3.05) is 26.2 Å². The molecule has 124 valence electrons. The third kappa shape index (κ3) is 3.60. The maximum absolute atomic E-state index is 12.6. The molecule has 1 aliphatic heterocycles. The smallest absolute Gasteiger partial charge is 0.243 e. The van der Waals surface area contributed by atoms with E-state index in [-0.39, 0.29) is 0 Å². The molecule has 2 aromatic rings. The van der Waals surface area contributed by atoms with Crippen LogP contribution in [0.15, 0.2) is 33.7 Å². The van der Waals surface area contributed by atoms with E-state index in [9.17, 15) is 8.42 Å². The van der Waals surface area contributed by atoms with Gasteiger partial charge in [0.05, 0.1) is 11.4 Å². The van der Waals surface area contributed by atoms with Gasteiger partial charge in [0, 0.05) is 26.2 Å². The second-order valence-electron chi connectivity index (χ2n) is 5.73. The van der Waals surface area contributed by atoms with Crippen LogP contribution in [0.25, 0.3) is 0 Å². The summed E-state index contributed by atoms with van der Waals surface area (Å²) in [5, 5.41) is 3.76. The minimum Gasteiger partial charge on any atom is -0.338 e. The number of hydrogen-bond donors (Lipinski definition) is 0. The second-order valence-corrected chi connectivity index (χ2v) is 7.67. The third-order valence-electron chi connectivity index (χ3n) is 3.92. The van der Waals surface area contributed by atoms with Gasteiger partial charge in [-0.3, -0.25) is 4.90 Å². The highest BCUT2D eigenvalue weighted by atomic mass is 32.2. The van der Waals surface area contributed by atoms with Crippen molar-refractivity contribution in [3.63, 3.8) is 0 Å². The molecule has 3 rings (SSSR count). The zero-order valence-electron chi connectivity index (χ0n) is 13.3. The van der Waals surface area contributed by atoms with Crippen molar-refractivity contribution in [1.82, 2.24) is 19.3 Å². The summed E-state index contributed by atoms with van der Waals surface area (Å²) in [6, 6.07) is 6.97. The standard InChI is InChI=1S/C15H20N4O3S/c1-12-3-5-14(6-4-12)23(20,21)19-9-7-18(8-10-19)11-15-16-13(2)17-22-15/h3-6H,7-11H2,1-2H3. The fourth-order valence-corrected chi connectivity index (χ4v) is 4.01. The largest absolute Gasteiger partial charge is 0.338 e. The molecule has 0 radical (unpaired) electrons. The Balaban J connectivity index is 1.62. The van der Waals surface area contributed by atoms with Crippen LogP contribution in [0.2, 0.25) is 0 Å². The molecule has 0 atom stereocenters. The molecular formula is C15H20N4O3S. The molecule has 0 N–H and O–H groups in total. The van der Waals surface area contributed by atoms with Crippen molar-refractivity contribution >= 4 is 10.0 Å². The molecule has 2 heterocycles. The van der Waals surface area contributed by atoms with Crippen molar-refractivity contribution in [1.29, 1.82) is 0 Å². The first-order chi connectivity index (χ1) is 10.9. The highest BCUT2D eigenvalue weighted by molar-refractivity contribution is 7.89. The van der Waals surface area contributed by atoms with Crippen LogP contribution in [0, 0.1) is 13.8 Å². The topological polar surface area (TPSA) is 79.5 Å². The summed E-state index contributed by atoms with van der Waals surface area (Å²) in [4.78, 5) is 6.65. The van der Waals surface area contributed by atoms with E-state index in [1.54, 1.807) is 19.1 Å². The summed E-state index contributed by atoms with van der Waals surface area (Å²) >= 11 is 0. The summed E-state index contributed by atoms with van der Waals surface area (Å²) in [6.45, 7) is 6.48. The van der Waals surface area contributed by atoms with Crippen LogP contribution in [-0.4, -0.2) is 53.9 Å². The lowest BCUT2D eigenvalue weighted by molar-refractivity contribution is 0.163. The molecule has 1 aliphatic rings. The minimum atomic E-state index is -3.42. The SMILES string of the molecule is Cc1ccc(S(=O)(=O)N2CCN(Cc3nc(C)no3)CC2)cc1. The predicted molar refractivity (Wildman–Crippen MR) is 84.2 cm³/mol. The highest BCUT2D eigenvalue weighted by Gasteiger charge is 2.28. The van der Waals surface area contributed by atoms with Gasteiger partial charge in [0.1, 0.15) is 0 Å². The first-order valence-electron chi connectivity index (χ1n) is 7.53. The predicted octanol–water partition coefficient (Wildman–Crippen LogP) is 1.19. The van der Waals surface area contributed by atoms with Gasteiger partial charge in [-0.1, -0.05) is 22.9 Å². The molecule has 0 aliphatic carbocycles. The van der Waals surface area contributed by atoms with Crippen molar-refractivity contribution < 1.29 is 12.9 Å². The summed E-state index contributed by atoms with van der Waals surface area (Å²) < 4.78 is 31.9. The Bertz CT molecular complexity index is 762. The van der Waals surface area contributed by atoms with Crippen molar-refractivity contribution in [3.05, 3.63) is 41.5 Å². The lowest BCUT2D eigenvalue weighted by Crippen LogP contribution is -2.48. The monoisotopic (exact) mass is 336 g/mol. The zero-order valence-corrected chi connectivity index (χ0v) is 14.1. The van der Waals surface area contributed by atoms with Crippen LogP contribution >= 0.6 is 0 Å². The maximum Gasteiger partial charge on any atom is 0.243 e. The summed E-state index contributed by atoms with van der Waals surface area (Å²) in [6.07, 6.45) is 0. The van der Waals surface area contributed by atoms with Gasteiger partial charge in [-0.25, -0.2) is 8.42 Å². The quantitative estimate of drug-likeness (QED) is 0.834. The van der Waals surface area contributed by atoms with E-state index in [2.05, 4.69) is 15.0 Å². The van der Waals surface area contributed by atoms with Crippen molar-refractivity contribution in [3.8, 4) is 0 Å². The van der Waals surface area contributed by atoms with Crippen LogP contribution in [0.1, 0.15) is 17.3 Å². The molecule has 0 amide bonds. The summed E-state index contributed by atoms with van der Waals surface area (Å²) in [7, 11) is -3.42. The highest BCUT2D eigenvalue weighted by Crippen LogP contribution is 2.18. The number of piperazine rings is 1.